The highest BCUT2D eigenvalue weighted by molar-refractivity contribution is 5.87. The Kier molecular flexibility index (Phi) is 6.74. The second-order valence-electron chi connectivity index (χ2n) is 7.68. The molecule has 0 saturated carbocycles. The fourth-order valence-corrected chi connectivity index (χ4v) is 3.67. The van der Waals surface area contributed by atoms with Crippen LogP contribution in [0.15, 0.2) is 43.0 Å². The summed E-state index contributed by atoms with van der Waals surface area (Å²) in [7, 11) is 1.83. The molecule has 0 amide bonds. The summed E-state index contributed by atoms with van der Waals surface area (Å²) in [5, 5.41) is 25.5. The maximum Gasteiger partial charge on any atom is 0.446 e. The van der Waals surface area contributed by atoms with E-state index in [1.165, 1.54) is 0 Å². The molecule has 35 heavy (non-hydrogen) atoms. The lowest BCUT2D eigenvalue weighted by atomic mass is 10.0. The lowest BCUT2D eigenvalue weighted by Gasteiger charge is -2.28. The average Bonchev–Trinajstić information content (AvgIpc) is 3.50. The number of halogens is 3. The standard InChI is InChI=1S/C20H19N9.C2HF3O/c1-27-13-18(25-26-27)15-8-17(20-16(9-21)11-24-29(20)12-15)14-2-3-19(23-10-14)28-6-4-22-5-7-28;3-2(4,5)1-6/h2-3,8,10-13,22H,4-7H2,1H3;1H. The van der Waals surface area contributed by atoms with Crippen LogP contribution in [0.5, 0.6) is 0 Å². The number of aldehydes is 1. The number of fused-ring (bicyclic) bond motifs is 1. The first-order valence-corrected chi connectivity index (χ1v) is 10.5. The maximum atomic E-state index is 10.4. The third kappa shape index (κ3) is 5.44. The van der Waals surface area contributed by atoms with E-state index < -0.39 is 12.5 Å². The summed E-state index contributed by atoms with van der Waals surface area (Å²) < 4.78 is 34.6. The molecule has 0 spiro atoms. The number of hydrogen-bond donors (Lipinski definition) is 1. The Morgan fingerprint density at radius 3 is 2.46 bits per heavy atom. The number of pyridine rings is 2. The molecule has 5 heterocycles. The fraction of sp³-hybridized carbons (Fsp3) is 0.273. The van der Waals surface area contributed by atoms with E-state index in [-0.39, 0.29) is 0 Å². The second kappa shape index (κ2) is 9.90. The quantitative estimate of drug-likeness (QED) is 0.441. The summed E-state index contributed by atoms with van der Waals surface area (Å²) in [6, 6.07) is 8.34. The topological polar surface area (TPSA) is 117 Å². The molecule has 0 aliphatic carbocycles. The zero-order valence-corrected chi connectivity index (χ0v) is 18.6. The second-order valence-corrected chi connectivity index (χ2v) is 7.68. The van der Waals surface area contributed by atoms with Gasteiger partial charge in [0.2, 0.25) is 6.29 Å². The number of nitriles is 1. The minimum Gasteiger partial charge on any atom is -0.354 e. The minimum absolute atomic E-state index is 0.525. The van der Waals surface area contributed by atoms with Crippen LogP contribution in [0.3, 0.4) is 0 Å². The number of piperazine rings is 1. The first-order chi connectivity index (χ1) is 16.8. The van der Waals surface area contributed by atoms with Gasteiger partial charge in [-0.3, -0.25) is 9.48 Å². The lowest BCUT2D eigenvalue weighted by molar-refractivity contribution is -0.156. The van der Waals surface area contributed by atoms with Gasteiger partial charge in [-0.05, 0) is 18.2 Å². The van der Waals surface area contributed by atoms with Crippen LogP contribution in [-0.2, 0) is 11.8 Å². The van der Waals surface area contributed by atoms with Crippen LogP contribution >= 0.6 is 0 Å². The molecule has 1 N–H and O–H groups in total. The number of rotatable bonds is 3. The zero-order valence-electron chi connectivity index (χ0n) is 18.6. The van der Waals surface area contributed by atoms with Gasteiger partial charge in [-0.15, -0.1) is 5.10 Å². The van der Waals surface area contributed by atoms with E-state index >= 15 is 0 Å². The molecule has 0 aromatic carbocycles. The van der Waals surface area contributed by atoms with E-state index in [1.54, 1.807) is 15.4 Å². The number of nitrogens with zero attached hydrogens (tertiary/aromatic N) is 8. The SMILES string of the molecule is Cn1cc(-c2cc(-c3ccc(N4CCNCC4)nc3)c3c(C#N)cnn3c2)nn1.O=CC(F)(F)F. The van der Waals surface area contributed by atoms with Crippen molar-refractivity contribution in [3.05, 3.63) is 48.5 Å². The van der Waals surface area contributed by atoms with Gasteiger partial charge in [-0.25, -0.2) is 9.50 Å². The van der Waals surface area contributed by atoms with E-state index in [9.17, 15) is 18.4 Å². The van der Waals surface area contributed by atoms with Crippen LogP contribution in [0.2, 0.25) is 0 Å². The van der Waals surface area contributed by atoms with Crippen LogP contribution in [0, 0.1) is 11.3 Å². The van der Waals surface area contributed by atoms with Crippen molar-refractivity contribution in [2.45, 2.75) is 6.18 Å². The van der Waals surface area contributed by atoms with Gasteiger partial charge in [0, 0.05) is 62.3 Å². The summed E-state index contributed by atoms with van der Waals surface area (Å²) in [6.07, 6.45) is 1.47. The van der Waals surface area contributed by atoms with E-state index in [0.29, 0.717) is 5.56 Å². The van der Waals surface area contributed by atoms with E-state index in [0.717, 1.165) is 59.9 Å². The summed E-state index contributed by atoms with van der Waals surface area (Å²) in [5.41, 5.74) is 4.72. The third-order valence-electron chi connectivity index (χ3n) is 5.26. The molecule has 0 unspecified atom stereocenters. The Labute approximate surface area is 197 Å². The van der Waals surface area contributed by atoms with Crippen molar-refractivity contribution < 1.29 is 18.0 Å². The Morgan fingerprint density at radius 2 is 1.89 bits per heavy atom. The molecular formula is C22H20F3N9O. The van der Waals surface area contributed by atoms with Gasteiger partial charge in [0.05, 0.1) is 23.5 Å². The minimum atomic E-state index is -4.64. The first-order valence-electron chi connectivity index (χ1n) is 10.5. The van der Waals surface area contributed by atoms with Crippen LogP contribution in [-0.4, -0.2) is 68.2 Å². The predicted molar refractivity (Wildman–Crippen MR) is 120 cm³/mol. The maximum absolute atomic E-state index is 10.4. The normalized spacial score (nSPS) is 13.7. The monoisotopic (exact) mass is 483 g/mol. The average molecular weight is 483 g/mol. The number of carbonyl (C=O) groups excluding carboxylic acids is 1. The van der Waals surface area contributed by atoms with Crippen molar-refractivity contribution in [1.29, 1.82) is 5.26 Å². The molecule has 5 rings (SSSR count). The number of aromatic nitrogens is 6. The third-order valence-corrected chi connectivity index (χ3v) is 5.26. The van der Waals surface area contributed by atoms with Crippen LogP contribution in [0.1, 0.15) is 5.56 Å². The van der Waals surface area contributed by atoms with Crippen molar-refractivity contribution in [3.63, 3.8) is 0 Å². The molecule has 1 aliphatic heterocycles. The highest BCUT2D eigenvalue weighted by atomic mass is 19.4. The number of anilines is 1. The van der Waals surface area contributed by atoms with Crippen molar-refractivity contribution in [3.8, 4) is 28.5 Å². The molecule has 0 bridgehead atoms. The van der Waals surface area contributed by atoms with Gasteiger partial charge in [0.25, 0.3) is 0 Å². The molecule has 4 aromatic rings. The summed E-state index contributed by atoms with van der Waals surface area (Å²) in [5.74, 6) is 0.963. The highest BCUT2D eigenvalue weighted by Crippen LogP contribution is 2.31. The van der Waals surface area contributed by atoms with Gasteiger partial charge in [0.15, 0.2) is 0 Å². The van der Waals surface area contributed by atoms with Crippen LogP contribution < -0.4 is 10.2 Å². The van der Waals surface area contributed by atoms with Crippen molar-refractivity contribution in [1.82, 2.24) is 34.9 Å². The number of aryl methyl sites for hydroxylation is 1. The molecule has 0 atom stereocenters. The van der Waals surface area contributed by atoms with Crippen molar-refractivity contribution in [2.75, 3.05) is 31.1 Å². The molecule has 1 saturated heterocycles. The fourth-order valence-electron chi connectivity index (χ4n) is 3.67. The van der Waals surface area contributed by atoms with Gasteiger partial charge < -0.3 is 10.2 Å². The Balaban J connectivity index is 0.000000431. The van der Waals surface area contributed by atoms with Gasteiger partial charge in [-0.1, -0.05) is 5.21 Å². The molecule has 4 aromatic heterocycles. The lowest BCUT2D eigenvalue weighted by Crippen LogP contribution is -2.43. The summed E-state index contributed by atoms with van der Waals surface area (Å²) in [6.45, 7) is 3.82. The van der Waals surface area contributed by atoms with Crippen LogP contribution in [0.25, 0.3) is 27.9 Å². The number of nitrogens with one attached hydrogen (secondary N) is 1. The van der Waals surface area contributed by atoms with Crippen LogP contribution in [0.4, 0.5) is 19.0 Å². The Morgan fingerprint density at radius 1 is 1.14 bits per heavy atom. The molecule has 13 heteroatoms. The zero-order chi connectivity index (χ0) is 25.0. The van der Waals surface area contributed by atoms with E-state index in [4.69, 9.17) is 4.79 Å². The van der Waals surface area contributed by atoms with Gasteiger partial charge in [-0.2, -0.15) is 23.5 Å². The van der Waals surface area contributed by atoms with Crippen molar-refractivity contribution in [2.24, 2.45) is 7.05 Å². The number of hydrogen-bond acceptors (Lipinski definition) is 8. The molecule has 180 valence electrons. The molecule has 10 nitrogen and oxygen atoms in total. The van der Waals surface area contributed by atoms with Gasteiger partial charge >= 0.3 is 6.18 Å². The number of alkyl halides is 3. The summed E-state index contributed by atoms with van der Waals surface area (Å²) in [4.78, 5) is 15.7. The Hall–Kier alpha value is -4.31. The molecule has 1 aliphatic rings. The summed E-state index contributed by atoms with van der Waals surface area (Å²) >= 11 is 0. The number of carbonyl (C=O) groups is 1. The van der Waals surface area contributed by atoms with E-state index in [2.05, 4.69) is 36.7 Å². The highest BCUT2D eigenvalue weighted by Gasteiger charge is 2.25. The Bertz CT molecular complexity index is 1360. The molecular weight excluding hydrogens is 463 g/mol. The van der Waals surface area contributed by atoms with E-state index in [1.807, 2.05) is 43.8 Å². The van der Waals surface area contributed by atoms with Gasteiger partial charge in [0.1, 0.15) is 17.6 Å². The predicted octanol–water partition coefficient (Wildman–Crippen LogP) is 2.22. The first kappa shape index (κ1) is 23.8. The molecule has 1 fully saturated rings. The van der Waals surface area contributed by atoms with Crippen molar-refractivity contribution >= 4 is 17.6 Å². The smallest absolute Gasteiger partial charge is 0.354 e. The molecule has 0 radical (unpaired) electrons. The largest absolute Gasteiger partial charge is 0.446 e.